The summed E-state index contributed by atoms with van der Waals surface area (Å²) >= 11 is 3.25. The third-order valence-electron chi connectivity index (χ3n) is 1.28. The minimum atomic E-state index is 0.0388. The molecule has 0 spiro atoms. The molecule has 5 N–H and O–H groups in total. The van der Waals surface area contributed by atoms with Crippen LogP contribution in [0.25, 0.3) is 0 Å². The van der Waals surface area contributed by atoms with E-state index in [-0.39, 0.29) is 5.84 Å². The Bertz CT molecular complexity index is 296. The largest absolute Gasteiger partial charge is 0.399 e. The summed E-state index contributed by atoms with van der Waals surface area (Å²) in [6.07, 6.45) is 0. The van der Waals surface area contributed by atoms with E-state index in [4.69, 9.17) is 16.9 Å². The monoisotopic (exact) mass is 213 g/mol. The molecule has 0 aromatic heterocycles. The van der Waals surface area contributed by atoms with Crippen molar-refractivity contribution in [1.82, 2.24) is 0 Å². The van der Waals surface area contributed by atoms with E-state index in [1.165, 1.54) is 0 Å². The predicted octanol–water partition coefficient (Wildman–Crippen LogP) is 1.32. The number of nitrogen functional groups attached to an aromatic ring is 2. The van der Waals surface area contributed by atoms with Gasteiger partial charge in [-0.15, -0.1) is 0 Å². The number of anilines is 1. The SMILES string of the molecule is N=C(N)c1ccc(N)cc1Br. The lowest BCUT2D eigenvalue weighted by atomic mass is 10.2. The Morgan fingerprint density at radius 3 is 2.55 bits per heavy atom. The van der Waals surface area contributed by atoms with Gasteiger partial charge in [-0.25, -0.2) is 0 Å². The van der Waals surface area contributed by atoms with Gasteiger partial charge < -0.3 is 11.5 Å². The van der Waals surface area contributed by atoms with Crippen LogP contribution < -0.4 is 11.5 Å². The molecular weight excluding hydrogens is 206 g/mol. The number of amidine groups is 1. The number of hydrogen-bond acceptors (Lipinski definition) is 2. The van der Waals surface area contributed by atoms with E-state index in [1.807, 2.05) is 0 Å². The van der Waals surface area contributed by atoms with Crippen molar-refractivity contribution in [1.29, 1.82) is 5.41 Å². The molecule has 0 fully saturated rings. The van der Waals surface area contributed by atoms with E-state index < -0.39 is 0 Å². The maximum Gasteiger partial charge on any atom is 0.123 e. The fraction of sp³-hybridized carbons (Fsp3) is 0. The van der Waals surface area contributed by atoms with Crippen molar-refractivity contribution in [2.75, 3.05) is 5.73 Å². The average molecular weight is 214 g/mol. The molecule has 0 aliphatic rings. The summed E-state index contributed by atoms with van der Waals surface area (Å²) in [5, 5.41) is 7.15. The summed E-state index contributed by atoms with van der Waals surface area (Å²) in [7, 11) is 0. The van der Waals surface area contributed by atoms with Crippen molar-refractivity contribution in [2.45, 2.75) is 0 Å². The maximum absolute atomic E-state index is 7.15. The van der Waals surface area contributed by atoms with Crippen LogP contribution in [0, 0.1) is 5.41 Å². The molecule has 0 bridgehead atoms. The lowest BCUT2D eigenvalue weighted by Gasteiger charge is -2.01. The highest BCUT2D eigenvalue weighted by Gasteiger charge is 2.01. The zero-order valence-corrected chi connectivity index (χ0v) is 7.35. The first-order valence-electron chi connectivity index (χ1n) is 3.00. The summed E-state index contributed by atoms with van der Waals surface area (Å²) in [6.45, 7) is 0. The molecule has 1 rings (SSSR count). The van der Waals surface area contributed by atoms with Crippen molar-refractivity contribution in [3.8, 4) is 0 Å². The lowest BCUT2D eigenvalue weighted by molar-refractivity contribution is 1.41. The smallest absolute Gasteiger partial charge is 0.123 e. The van der Waals surface area contributed by atoms with Crippen LogP contribution in [-0.2, 0) is 0 Å². The second kappa shape index (κ2) is 2.92. The Morgan fingerprint density at radius 2 is 2.09 bits per heavy atom. The van der Waals surface area contributed by atoms with Crippen LogP contribution in [0.1, 0.15) is 5.56 Å². The first-order chi connectivity index (χ1) is 5.11. The third kappa shape index (κ3) is 1.71. The maximum atomic E-state index is 7.15. The summed E-state index contributed by atoms with van der Waals surface area (Å²) in [5.41, 5.74) is 12.1. The van der Waals surface area contributed by atoms with Crippen LogP contribution in [-0.4, -0.2) is 5.84 Å². The fourth-order valence-electron chi connectivity index (χ4n) is 0.750. The van der Waals surface area contributed by atoms with Crippen molar-refractivity contribution < 1.29 is 0 Å². The predicted molar refractivity (Wildman–Crippen MR) is 49.6 cm³/mol. The summed E-state index contributed by atoms with van der Waals surface area (Å²) in [5.74, 6) is 0.0388. The van der Waals surface area contributed by atoms with E-state index in [2.05, 4.69) is 15.9 Å². The van der Waals surface area contributed by atoms with E-state index in [9.17, 15) is 0 Å². The molecule has 0 radical (unpaired) electrons. The van der Waals surface area contributed by atoms with Crippen LogP contribution in [0.2, 0.25) is 0 Å². The van der Waals surface area contributed by atoms with Crippen molar-refractivity contribution in [2.24, 2.45) is 5.73 Å². The number of halogens is 1. The van der Waals surface area contributed by atoms with Gasteiger partial charge in [-0.05, 0) is 34.1 Å². The van der Waals surface area contributed by atoms with Crippen LogP contribution in [0.5, 0.6) is 0 Å². The molecule has 4 heteroatoms. The Morgan fingerprint density at radius 1 is 1.45 bits per heavy atom. The van der Waals surface area contributed by atoms with Gasteiger partial charge in [0.1, 0.15) is 5.84 Å². The Kier molecular flexibility index (Phi) is 2.14. The number of nitrogens with one attached hydrogen (secondary N) is 1. The van der Waals surface area contributed by atoms with Crippen LogP contribution in [0.15, 0.2) is 22.7 Å². The van der Waals surface area contributed by atoms with Crippen molar-refractivity contribution >= 4 is 27.5 Å². The molecule has 0 unspecified atom stereocenters. The highest BCUT2D eigenvalue weighted by atomic mass is 79.9. The van der Waals surface area contributed by atoms with Crippen molar-refractivity contribution in [3.63, 3.8) is 0 Å². The second-order valence-corrected chi connectivity index (χ2v) is 3.01. The standard InChI is InChI=1S/C7H8BrN3/c8-6-3-4(9)1-2-5(6)7(10)11/h1-3H,9H2,(H3,10,11). The average Bonchev–Trinajstić information content (AvgIpc) is 1.85. The number of nitrogens with two attached hydrogens (primary N) is 2. The Balaban J connectivity index is 3.20. The number of benzene rings is 1. The van der Waals surface area contributed by atoms with Crippen LogP contribution in [0.3, 0.4) is 0 Å². The normalized spacial score (nSPS) is 9.55. The summed E-state index contributed by atoms with van der Waals surface area (Å²) in [4.78, 5) is 0. The highest BCUT2D eigenvalue weighted by molar-refractivity contribution is 9.10. The van der Waals surface area contributed by atoms with Crippen LogP contribution >= 0.6 is 15.9 Å². The van der Waals surface area contributed by atoms with Gasteiger partial charge in [0.05, 0.1) is 0 Å². The van der Waals surface area contributed by atoms with E-state index >= 15 is 0 Å². The van der Waals surface area contributed by atoms with Gasteiger partial charge in [-0.1, -0.05) is 0 Å². The molecule has 0 heterocycles. The molecule has 0 aliphatic carbocycles. The Hall–Kier alpha value is -1.03. The first kappa shape index (κ1) is 8.07. The topological polar surface area (TPSA) is 75.9 Å². The highest BCUT2D eigenvalue weighted by Crippen LogP contribution is 2.18. The van der Waals surface area contributed by atoms with Gasteiger partial charge >= 0.3 is 0 Å². The van der Waals surface area contributed by atoms with E-state index in [0.717, 1.165) is 4.47 Å². The Labute approximate surface area is 73.0 Å². The van der Waals surface area contributed by atoms with Gasteiger partial charge in [-0.2, -0.15) is 0 Å². The molecule has 0 saturated carbocycles. The summed E-state index contributed by atoms with van der Waals surface area (Å²) < 4.78 is 0.755. The van der Waals surface area contributed by atoms with E-state index in [0.29, 0.717) is 11.3 Å². The molecule has 1 aromatic rings. The van der Waals surface area contributed by atoms with Crippen molar-refractivity contribution in [3.05, 3.63) is 28.2 Å². The molecule has 1 aromatic carbocycles. The minimum absolute atomic E-state index is 0.0388. The zero-order valence-electron chi connectivity index (χ0n) is 5.76. The molecule has 0 saturated heterocycles. The molecule has 3 nitrogen and oxygen atoms in total. The number of rotatable bonds is 1. The second-order valence-electron chi connectivity index (χ2n) is 2.15. The minimum Gasteiger partial charge on any atom is -0.399 e. The molecule has 0 atom stereocenters. The van der Waals surface area contributed by atoms with Gasteiger partial charge in [0.2, 0.25) is 0 Å². The number of hydrogen-bond donors (Lipinski definition) is 3. The zero-order chi connectivity index (χ0) is 8.43. The van der Waals surface area contributed by atoms with Gasteiger partial charge in [0, 0.05) is 15.7 Å². The fourth-order valence-corrected chi connectivity index (χ4v) is 1.36. The third-order valence-corrected chi connectivity index (χ3v) is 1.94. The molecule has 0 aliphatic heterocycles. The molecular formula is C7H8BrN3. The van der Waals surface area contributed by atoms with Crippen LogP contribution in [0.4, 0.5) is 5.69 Å². The summed E-state index contributed by atoms with van der Waals surface area (Å²) in [6, 6.07) is 5.14. The molecule has 11 heavy (non-hydrogen) atoms. The van der Waals surface area contributed by atoms with Gasteiger partial charge in [0.15, 0.2) is 0 Å². The van der Waals surface area contributed by atoms with E-state index in [1.54, 1.807) is 18.2 Å². The molecule has 58 valence electrons. The first-order valence-corrected chi connectivity index (χ1v) is 3.80. The van der Waals surface area contributed by atoms with Gasteiger partial charge in [-0.3, -0.25) is 5.41 Å². The lowest BCUT2D eigenvalue weighted by Crippen LogP contribution is -2.11. The molecule has 0 amide bonds. The van der Waals surface area contributed by atoms with Gasteiger partial charge in [0.25, 0.3) is 0 Å². The quantitative estimate of drug-likeness (QED) is 0.374.